The van der Waals surface area contributed by atoms with Crippen LogP contribution >= 0.6 is 0 Å². The zero-order valence-corrected chi connectivity index (χ0v) is 25.1. The summed E-state index contributed by atoms with van der Waals surface area (Å²) in [6, 6.07) is 3.32. The first-order valence-electron chi connectivity index (χ1n) is 13.7. The Labute approximate surface area is 241 Å². The molecule has 2 aromatic carbocycles. The quantitative estimate of drug-likeness (QED) is 0.0918. The van der Waals surface area contributed by atoms with E-state index in [-0.39, 0.29) is 35.4 Å². The molecule has 3 aromatic rings. The van der Waals surface area contributed by atoms with Gasteiger partial charge in [0.15, 0.2) is 17.2 Å². The lowest BCUT2D eigenvalue weighted by Gasteiger charge is -2.19. The van der Waals surface area contributed by atoms with Gasteiger partial charge in [-0.25, -0.2) is 0 Å². The second-order valence-corrected chi connectivity index (χ2v) is 10.5. The number of carbonyl (C=O) groups is 1. The summed E-state index contributed by atoms with van der Waals surface area (Å²) in [5.41, 5.74) is 3.51. The molecule has 7 heteroatoms. The van der Waals surface area contributed by atoms with E-state index < -0.39 is 11.9 Å². The molecule has 0 fully saturated rings. The average molecular weight is 561 g/mol. The predicted molar refractivity (Wildman–Crippen MR) is 165 cm³/mol. The van der Waals surface area contributed by atoms with Gasteiger partial charge in [-0.3, -0.25) is 9.59 Å². The van der Waals surface area contributed by atoms with E-state index in [0.29, 0.717) is 52.2 Å². The molecule has 0 aliphatic rings. The number of hydrogen-bond acceptors (Lipinski definition) is 7. The fourth-order valence-corrected chi connectivity index (χ4v) is 4.28. The van der Waals surface area contributed by atoms with E-state index in [2.05, 4.69) is 13.2 Å². The molecule has 3 rings (SSSR count). The van der Waals surface area contributed by atoms with E-state index in [4.69, 9.17) is 23.4 Å². The molecule has 0 unspecified atom stereocenters. The number of esters is 1. The molecular formula is C34H40O7. The molecular weight excluding hydrogens is 520 g/mol. The highest BCUT2D eigenvalue weighted by Crippen LogP contribution is 2.42. The van der Waals surface area contributed by atoms with Crippen LogP contribution in [0.15, 0.2) is 70.0 Å². The summed E-state index contributed by atoms with van der Waals surface area (Å²) < 4.78 is 30.0. The Kier molecular flexibility index (Phi) is 10.6. The van der Waals surface area contributed by atoms with Gasteiger partial charge >= 0.3 is 5.97 Å². The highest BCUT2D eigenvalue weighted by atomic mass is 16.5. The topological polar surface area (TPSA) is 84.2 Å². The molecule has 0 bridgehead atoms. The molecule has 0 saturated carbocycles. The number of benzene rings is 2. The maximum Gasteiger partial charge on any atom is 0.313 e. The molecule has 0 radical (unpaired) electrons. The molecule has 0 saturated heterocycles. The second-order valence-electron chi connectivity index (χ2n) is 10.5. The number of carbonyl (C=O) groups excluding carboxylic acids is 1. The minimum absolute atomic E-state index is 0.132. The summed E-state index contributed by atoms with van der Waals surface area (Å²) in [5, 5.41) is 0.488. The fraction of sp³-hybridized carbons (Fsp3) is 0.353. The molecule has 41 heavy (non-hydrogen) atoms. The first-order chi connectivity index (χ1) is 19.5. The van der Waals surface area contributed by atoms with Gasteiger partial charge in [-0.1, -0.05) is 62.5 Å². The zero-order chi connectivity index (χ0) is 30.3. The van der Waals surface area contributed by atoms with Crippen molar-refractivity contribution in [3.05, 3.63) is 82.1 Å². The summed E-state index contributed by atoms with van der Waals surface area (Å²) in [7, 11) is 1.53. The first-order valence-corrected chi connectivity index (χ1v) is 13.7. The van der Waals surface area contributed by atoms with Gasteiger partial charge in [0.1, 0.15) is 35.5 Å². The minimum atomic E-state index is -0.472. The SMILES string of the molecule is C=CCOc1cc2oc3cc(OCC=C)c(OC)c(CC=C(C)C)c3c(=O)c2c(OC(=O)C(C)C)c1CC=C(C)C. The number of ether oxygens (including phenoxy) is 4. The Morgan fingerprint density at radius 3 is 1.93 bits per heavy atom. The summed E-state index contributed by atoms with van der Waals surface area (Å²) in [6.07, 6.45) is 8.02. The molecule has 0 aliphatic carbocycles. The number of hydrogen-bond donors (Lipinski definition) is 0. The van der Waals surface area contributed by atoms with Gasteiger partial charge in [-0.2, -0.15) is 0 Å². The number of fused-ring (bicyclic) bond motifs is 2. The number of methoxy groups -OCH3 is 1. The van der Waals surface area contributed by atoms with Crippen molar-refractivity contribution >= 4 is 27.9 Å². The predicted octanol–water partition coefficient (Wildman–Crippen LogP) is 7.66. The third kappa shape index (κ3) is 7.09. The monoisotopic (exact) mass is 560 g/mol. The lowest BCUT2D eigenvalue weighted by atomic mass is 9.98. The molecule has 0 aliphatic heterocycles. The van der Waals surface area contributed by atoms with Crippen LogP contribution < -0.4 is 24.4 Å². The lowest BCUT2D eigenvalue weighted by Crippen LogP contribution is -2.18. The Bertz CT molecular complexity index is 1580. The van der Waals surface area contributed by atoms with Gasteiger partial charge in [0.2, 0.25) is 5.43 Å². The van der Waals surface area contributed by atoms with Crippen molar-refractivity contribution in [2.45, 2.75) is 54.4 Å². The van der Waals surface area contributed by atoms with Crippen LogP contribution in [0.25, 0.3) is 21.9 Å². The molecule has 218 valence electrons. The van der Waals surface area contributed by atoms with Crippen LogP contribution in [0.1, 0.15) is 52.7 Å². The van der Waals surface area contributed by atoms with Crippen LogP contribution in [0.2, 0.25) is 0 Å². The highest BCUT2D eigenvalue weighted by molar-refractivity contribution is 5.99. The molecule has 1 heterocycles. The van der Waals surface area contributed by atoms with Crippen molar-refractivity contribution < 1.29 is 28.2 Å². The van der Waals surface area contributed by atoms with Crippen molar-refractivity contribution in [2.24, 2.45) is 5.92 Å². The van der Waals surface area contributed by atoms with Crippen molar-refractivity contribution in [1.29, 1.82) is 0 Å². The Balaban J connectivity index is 2.57. The fourth-order valence-electron chi connectivity index (χ4n) is 4.28. The van der Waals surface area contributed by atoms with Crippen molar-refractivity contribution in [2.75, 3.05) is 20.3 Å². The third-order valence-corrected chi connectivity index (χ3v) is 6.31. The summed E-state index contributed by atoms with van der Waals surface area (Å²) >= 11 is 0. The molecule has 7 nitrogen and oxygen atoms in total. The molecule has 0 atom stereocenters. The van der Waals surface area contributed by atoms with E-state index in [1.807, 2.05) is 39.8 Å². The summed E-state index contributed by atoms with van der Waals surface area (Å²) in [5.74, 6) is 0.525. The minimum Gasteiger partial charge on any atom is -0.493 e. The van der Waals surface area contributed by atoms with Gasteiger partial charge in [0.05, 0.1) is 18.4 Å². The highest BCUT2D eigenvalue weighted by Gasteiger charge is 2.27. The molecule has 0 N–H and O–H groups in total. The third-order valence-electron chi connectivity index (χ3n) is 6.31. The van der Waals surface area contributed by atoms with Crippen LogP contribution in [0, 0.1) is 5.92 Å². The standard InChI is InChI=1S/C34H40O7/c1-10-16-38-25-18-27-30(33(41-34(36)22(7)8)23(25)14-12-20(3)4)31(35)29-24(15-13-21(5)6)32(37-9)28(39-17-11-2)19-26(29)40-27/h10-13,18-19,22H,1-2,14-17H2,3-9H3. The zero-order valence-electron chi connectivity index (χ0n) is 25.1. The Morgan fingerprint density at radius 1 is 0.854 bits per heavy atom. The van der Waals surface area contributed by atoms with Crippen molar-refractivity contribution in [3.63, 3.8) is 0 Å². The van der Waals surface area contributed by atoms with Gasteiger partial charge in [0.25, 0.3) is 0 Å². The van der Waals surface area contributed by atoms with Crippen LogP contribution in [-0.4, -0.2) is 26.3 Å². The second kappa shape index (κ2) is 13.9. The Morgan fingerprint density at radius 2 is 1.39 bits per heavy atom. The van der Waals surface area contributed by atoms with Crippen LogP contribution in [0.4, 0.5) is 0 Å². The average Bonchev–Trinajstić information content (AvgIpc) is 2.92. The van der Waals surface area contributed by atoms with Gasteiger partial charge in [0, 0.05) is 23.3 Å². The first kappa shape index (κ1) is 31.3. The number of rotatable bonds is 13. The lowest BCUT2D eigenvalue weighted by molar-refractivity contribution is -0.137. The van der Waals surface area contributed by atoms with E-state index in [9.17, 15) is 9.59 Å². The van der Waals surface area contributed by atoms with E-state index in [1.54, 1.807) is 38.1 Å². The van der Waals surface area contributed by atoms with Crippen molar-refractivity contribution in [3.8, 4) is 23.0 Å². The van der Waals surface area contributed by atoms with Crippen LogP contribution in [0.5, 0.6) is 23.0 Å². The normalized spacial score (nSPS) is 10.8. The van der Waals surface area contributed by atoms with Crippen LogP contribution in [0.3, 0.4) is 0 Å². The van der Waals surface area contributed by atoms with E-state index in [0.717, 1.165) is 11.1 Å². The van der Waals surface area contributed by atoms with Crippen LogP contribution in [-0.2, 0) is 17.6 Å². The van der Waals surface area contributed by atoms with E-state index in [1.165, 1.54) is 7.11 Å². The smallest absolute Gasteiger partial charge is 0.313 e. The Hall–Kier alpha value is -4.26. The van der Waals surface area contributed by atoms with Crippen molar-refractivity contribution in [1.82, 2.24) is 0 Å². The van der Waals surface area contributed by atoms with E-state index >= 15 is 0 Å². The number of allylic oxidation sites excluding steroid dienone is 4. The maximum absolute atomic E-state index is 14.5. The maximum atomic E-state index is 14.5. The largest absolute Gasteiger partial charge is 0.493 e. The van der Waals surface area contributed by atoms with Gasteiger partial charge in [-0.15, -0.1) is 0 Å². The molecule has 0 amide bonds. The summed E-state index contributed by atoms with van der Waals surface area (Å²) in [4.78, 5) is 27.4. The molecule has 0 spiro atoms. The summed E-state index contributed by atoms with van der Waals surface area (Å²) in [6.45, 7) is 19.3. The van der Waals surface area contributed by atoms with Gasteiger partial charge < -0.3 is 23.4 Å². The molecule has 1 aromatic heterocycles. The van der Waals surface area contributed by atoms with Gasteiger partial charge in [-0.05, 0) is 40.5 Å².